The van der Waals surface area contributed by atoms with Crippen molar-refractivity contribution in [2.45, 2.75) is 33.1 Å². The van der Waals surface area contributed by atoms with E-state index in [-0.39, 0.29) is 18.4 Å². The van der Waals surface area contributed by atoms with E-state index >= 15 is 0 Å². The van der Waals surface area contributed by atoms with E-state index in [0.717, 1.165) is 24.3 Å². The highest BCUT2D eigenvalue weighted by molar-refractivity contribution is 6.31. The van der Waals surface area contributed by atoms with E-state index in [1.807, 2.05) is 31.2 Å². The minimum Gasteiger partial charge on any atom is -0.372 e. The summed E-state index contributed by atoms with van der Waals surface area (Å²) < 4.78 is 0. The van der Waals surface area contributed by atoms with Crippen LogP contribution in [0.25, 0.3) is 0 Å². The Morgan fingerprint density at radius 2 is 1.75 bits per heavy atom. The topological polar surface area (TPSA) is 52.7 Å². The Labute approximate surface area is 171 Å². The van der Waals surface area contributed by atoms with E-state index in [0.29, 0.717) is 10.7 Å². The van der Waals surface area contributed by atoms with Gasteiger partial charge in [0.2, 0.25) is 11.8 Å². The Kier molecular flexibility index (Phi) is 6.57. The number of carbonyl (C=O) groups excluding carboxylic acids is 2. The molecule has 5 nitrogen and oxygen atoms in total. The first-order valence-electron chi connectivity index (χ1n) is 9.64. The van der Waals surface area contributed by atoms with Gasteiger partial charge in [-0.15, -0.1) is 0 Å². The molecular weight excluding hydrogens is 374 g/mol. The van der Waals surface area contributed by atoms with Crippen LogP contribution in [-0.4, -0.2) is 31.4 Å². The van der Waals surface area contributed by atoms with Crippen LogP contribution in [-0.2, 0) is 9.59 Å². The minimum absolute atomic E-state index is 0.0651. The predicted octanol–water partition coefficient (Wildman–Crippen LogP) is 4.63. The molecule has 1 heterocycles. The van der Waals surface area contributed by atoms with Crippen LogP contribution in [0.15, 0.2) is 42.5 Å². The normalized spacial score (nSPS) is 13.9. The Morgan fingerprint density at radius 3 is 2.39 bits per heavy atom. The number of hydrogen-bond acceptors (Lipinski definition) is 3. The SMILES string of the molecule is CC(=O)N(CC(=O)Nc1ccc(N2CCCCC2)cc1)c1cccc(Cl)c1C. The summed E-state index contributed by atoms with van der Waals surface area (Å²) in [4.78, 5) is 28.5. The van der Waals surface area contributed by atoms with Crippen LogP contribution in [0.4, 0.5) is 17.1 Å². The van der Waals surface area contributed by atoms with Crippen molar-refractivity contribution in [1.29, 1.82) is 0 Å². The molecule has 1 N–H and O–H groups in total. The average molecular weight is 400 g/mol. The molecule has 2 aromatic carbocycles. The summed E-state index contributed by atoms with van der Waals surface area (Å²) in [6.45, 7) is 5.38. The smallest absolute Gasteiger partial charge is 0.244 e. The molecule has 2 amide bonds. The van der Waals surface area contributed by atoms with Crippen LogP contribution in [0.5, 0.6) is 0 Å². The molecule has 0 bridgehead atoms. The molecule has 0 saturated carbocycles. The fraction of sp³-hybridized carbons (Fsp3) is 0.364. The van der Waals surface area contributed by atoms with E-state index < -0.39 is 0 Å². The monoisotopic (exact) mass is 399 g/mol. The standard InChI is InChI=1S/C22H26ClN3O2/c1-16-20(23)7-6-8-21(16)26(17(2)27)15-22(28)24-18-9-11-19(12-10-18)25-13-4-3-5-14-25/h6-12H,3-5,13-15H2,1-2H3,(H,24,28). The third-order valence-electron chi connectivity index (χ3n) is 5.08. The van der Waals surface area contributed by atoms with Gasteiger partial charge in [-0.2, -0.15) is 0 Å². The summed E-state index contributed by atoms with van der Waals surface area (Å²) in [7, 11) is 0. The first-order valence-corrected chi connectivity index (χ1v) is 10.0. The van der Waals surface area contributed by atoms with Gasteiger partial charge in [-0.05, 0) is 68.1 Å². The van der Waals surface area contributed by atoms with Gasteiger partial charge < -0.3 is 15.1 Å². The van der Waals surface area contributed by atoms with Crippen molar-refractivity contribution >= 4 is 40.5 Å². The highest BCUT2D eigenvalue weighted by atomic mass is 35.5. The summed E-state index contributed by atoms with van der Waals surface area (Å²) in [5.41, 5.74) is 3.32. The number of anilines is 3. The van der Waals surface area contributed by atoms with Gasteiger partial charge in [0, 0.05) is 42.1 Å². The van der Waals surface area contributed by atoms with E-state index in [9.17, 15) is 9.59 Å². The Balaban J connectivity index is 1.66. The van der Waals surface area contributed by atoms with Crippen LogP contribution in [0.3, 0.4) is 0 Å². The summed E-state index contributed by atoms with van der Waals surface area (Å²) >= 11 is 6.17. The number of nitrogens with one attached hydrogen (secondary N) is 1. The maximum absolute atomic E-state index is 12.5. The number of carbonyl (C=O) groups is 2. The molecule has 0 aliphatic carbocycles. The maximum Gasteiger partial charge on any atom is 0.244 e. The molecule has 28 heavy (non-hydrogen) atoms. The fourth-order valence-electron chi connectivity index (χ4n) is 3.51. The Bertz CT molecular complexity index is 845. The quantitative estimate of drug-likeness (QED) is 0.797. The predicted molar refractivity (Wildman–Crippen MR) is 115 cm³/mol. The number of amides is 2. The highest BCUT2D eigenvalue weighted by Crippen LogP contribution is 2.27. The number of rotatable bonds is 5. The number of halogens is 1. The fourth-order valence-corrected chi connectivity index (χ4v) is 3.68. The third kappa shape index (κ3) is 4.84. The number of piperidine rings is 1. The lowest BCUT2D eigenvalue weighted by Crippen LogP contribution is -2.37. The zero-order chi connectivity index (χ0) is 20.1. The summed E-state index contributed by atoms with van der Waals surface area (Å²) in [6.07, 6.45) is 3.74. The van der Waals surface area contributed by atoms with Crippen LogP contribution < -0.4 is 15.1 Å². The Morgan fingerprint density at radius 1 is 1.07 bits per heavy atom. The molecule has 0 aromatic heterocycles. The molecule has 2 aromatic rings. The van der Waals surface area contributed by atoms with Gasteiger partial charge >= 0.3 is 0 Å². The number of nitrogens with zero attached hydrogens (tertiary/aromatic N) is 2. The summed E-state index contributed by atoms with van der Waals surface area (Å²) in [5.74, 6) is -0.457. The largest absolute Gasteiger partial charge is 0.372 e. The zero-order valence-corrected chi connectivity index (χ0v) is 17.1. The first kappa shape index (κ1) is 20.2. The molecular formula is C22H26ClN3O2. The summed E-state index contributed by atoms with van der Waals surface area (Å²) in [5, 5.41) is 3.44. The lowest BCUT2D eigenvalue weighted by molar-refractivity contribution is -0.120. The van der Waals surface area contributed by atoms with Gasteiger partial charge in [0.25, 0.3) is 0 Å². The van der Waals surface area contributed by atoms with E-state index in [4.69, 9.17) is 11.6 Å². The molecule has 1 saturated heterocycles. The van der Waals surface area contributed by atoms with Crippen LogP contribution >= 0.6 is 11.6 Å². The van der Waals surface area contributed by atoms with E-state index in [1.165, 1.54) is 36.8 Å². The first-order chi connectivity index (χ1) is 13.5. The molecule has 148 valence electrons. The molecule has 1 fully saturated rings. The highest BCUT2D eigenvalue weighted by Gasteiger charge is 2.19. The van der Waals surface area contributed by atoms with Gasteiger partial charge in [0.05, 0.1) is 0 Å². The van der Waals surface area contributed by atoms with Crippen LogP contribution in [0.2, 0.25) is 5.02 Å². The molecule has 3 rings (SSSR count). The second-order valence-corrected chi connectivity index (χ2v) is 7.54. The van der Waals surface area contributed by atoms with Gasteiger partial charge in [-0.1, -0.05) is 17.7 Å². The van der Waals surface area contributed by atoms with E-state index in [1.54, 1.807) is 18.2 Å². The van der Waals surface area contributed by atoms with Crippen molar-refractivity contribution in [1.82, 2.24) is 0 Å². The number of hydrogen-bond donors (Lipinski definition) is 1. The maximum atomic E-state index is 12.5. The third-order valence-corrected chi connectivity index (χ3v) is 5.49. The zero-order valence-electron chi connectivity index (χ0n) is 16.4. The second-order valence-electron chi connectivity index (χ2n) is 7.13. The molecule has 0 atom stereocenters. The van der Waals surface area contributed by atoms with Crippen molar-refractivity contribution in [2.75, 3.05) is 34.8 Å². The molecule has 0 spiro atoms. The Hall–Kier alpha value is -2.53. The van der Waals surface area contributed by atoms with E-state index in [2.05, 4.69) is 10.2 Å². The summed E-state index contributed by atoms with van der Waals surface area (Å²) in [6, 6.07) is 13.2. The van der Waals surface area contributed by atoms with Crippen LogP contribution in [0, 0.1) is 6.92 Å². The molecule has 6 heteroatoms. The second kappa shape index (κ2) is 9.11. The lowest BCUT2D eigenvalue weighted by atomic mass is 10.1. The van der Waals surface area contributed by atoms with Crippen molar-refractivity contribution < 1.29 is 9.59 Å². The number of benzene rings is 2. The van der Waals surface area contributed by atoms with Crippen molar-refractivity contribution in [3.63, 3.8) is 0 Å². The molecule has 1 aliphatic heterocycles. The van der Waals surface area contributed by atoms with Gasteiger partial charge in [0.15, 0.2) is 0 Å². The molecule has 0 radical (unpaired) electrons. The van der Waals surface area contributed by atoms with Crippen LogP contribution in [0.1, 0.15) is 31.7 Å². The van der Waals surface area contributed by atoms with Crippen molar-refractivity contribution in [2.24, 2.45) is 0 Å². The molecule has 1 aliphatic rings. The van der Waals surface area contributed by atoms with Gasteiger partial charge in [-0.25, -0.2) is 0 Å². The van der Waals surface area contributed by atoms with Crippen molar-refractivity contribution in [3.05, 3.63) is 53.1 Å². The van der Waals surface area contributed by atoms with Gasteiger partial charge in [0.1, 0.15) is 6.54 Å². The average Bonchev–Trinajstić information content (AvgIpc) is 2.69. The van der Waals surface area contributed by atoms with Crippen molar-refractivity contribution in [3.8, 4) is 0 Å². The lowest BCUT2D eigenvalue weighted by Gasteiger charge is -2.29. The minimum atomic E-state index is -0.250. The van der Waals surface area contributed by atoms with Gasteiger partial charge in [-0.3, -0.25) is 9.59 Å². The molecule has 0 unspecified atom stereocenters.